The van der Waals surface area contributed by atoms with Gasteiger partial charge in [0.05, 0.1) is 23.8 Å². The van der Waals surface area contributed by atoms with Crippen LogP contribution in [-0.4, -0.2) is 29.3 Å². The number of ether oxygens (including phenoxy) is 1. The number of esters is 1. The van der Waals surface area contributed by atoms with Crippen molar-refractivity contribution in [1.29, 1.82) is 0 Å². The van der Waals surface area contributed by atoms with E-state index in [-0.39, 0.29) is 17.9 Å². The highest BCUT2D eigenvalue weighted by molar-refractivity contribution is 6.25. The molecular formula is C27H20N2O6. The van der Waals surface area contributed by atoms with Gasteiger partial charge in [0, 0.05) is 22.0 Å². The van der Waals surface area contributed by atoms with Crippen LogP contribution in [0.4, 0.5) is 5.69 Å². The van der Waals surface area contributed by atoms with E-state index in [1.165, 1.54) is 12.1 Å². The standard InChI is InChI=1S/C27H20N2O6/c1-2-35-26(32)17-11-5-8-14-20(17)28-24(30)22-21-15-9-3-6-12-18(15)27(29(33)34,23(22)25(28)31)19-13-7-4-10-16(19)21/h3-14,21-23H,2H2,1H3/t21?,22-,23+,27?/m1/s1. The number of imide groups is 1. The number of hydrogen-bond donors (Lipinski definition) is 0. The van der Waals surface area contributed by atoms with Gasteiger partial charge in [-0.25, -0.2) is 9.69 Å². The first-order valence-electron chi connectivity index (χ1n) is 11.4. The number of carbonyl (C=O) groups is 3. The third-order valence-electron chi connectivity index (χ3n) is 7.50. The summed E-state index contributed by atoms with van der Waals surface area (Å²) in [5, 5.41) is 13.0. The number of anilines is 1. The van der Waals surface area contributed by atoms with Gasteiger partial charge >= 0.3 is 5.97 Å². The largest absolute Gasteiger partial charge is 0.462 e. The minimum absolute atomic E-state index is 0.0622. The van der Waals surface area contributed by atoms with Gasteiger partial charge < -0.3 is 4.74 Å². The van der Waals surface area contributed by atoms with E-state index in [1.54, 1.807) is 67.6 Å². The molecule has 0 unspecified atom stereocenters. The topological polar surface area (TPSA) is 107 Å². The average Bonchev–Trinajstić information content (AvgIpc) is 3.14. The molecule has 1 aliphatic heterocycles. The maximum atomic E-state index is 14.1. The van der Waals surface area contributed by atoms with E-state index in [9.17, 15) is 24.5 Å². The highest BCUT2D eigenvalue weighted by Gasteiger charge is 2.75. The fourth-order valence-corrected chi connectivity index (χ4v) is 6.33. The number of amides is 2. The quantitative estimate of drug-likeness (QED) is 0.250. The Morgan fingerprint density at radius 2 is 1.51 bits per heavy atom. The van der Waals surface area contributed by atoms with Gasteiger partial charge in [0.1, 0.15) is 5.92 Å². The average molecular weight is 468 g/mol. The Morgan fingerprint density at radius 1 is 0.943 bits per heavy atom. The maximum absolute atomic E-state index is 14.1. The number of benzene rings is 3. The summed E-state index contributed by atoms with van der Waals surface area (Å²) >= 11 is 0. The number of nitro groups is 1. The zero-order valence-corrected chi connectivity index (χ0v) is 18.7. The Hall–Kier alpha value is -4.33. The molecule has 7 rings (SSSR count). The summed E-state index contributed by atoms with van der Waals surface area (Å²) in [6, 6.07) is 20.2. The fourth-order valence-electron chi connectivity index (χ4n) is 6.33. The number of carbonyl (C=O) groups excluding carboxylic acids is 3. The molecule has 3 aromatic rings. The number of nitrogens with zero attached hydrogens (tertiary/aromatic N) is 2. The van der Waals surface area contributed by atoms with Gasteiger partial charge in [0.15, 0.2) is 0 Å². The molecule has 3 aromatic carbocycles. The van der Waals surface area contributed by atoms with E-state index in [2.05, 4.69) is 0 Å². The summed E-state index contributed by atoms with van der Waals surface area (Å²) in [5.41, 5.74) is 0.492. The summed E-state index contributed by atoms with van der Waals surface area (Å²) in [5.74, 6) is -4.61. The maximum Gasteiger partial charge on any atom is 0.340 e. The van der Waals surface area contributed by atoms with Crippen LogP contribution < -0.4 is 4.90 Å². The molecule has 174 valence electrons. The van der Waals surface area contributed by atoms with E-state index in [0.29, 0.717) is 22.3 Å². The summed E-state index contributed by atoms with van der Waals surface area (Å²) in [7, 11) is 0. The van der Waals surface area contributed by atoms with E-state index < -0.39 is 46.0 Å². The molecule has 2 amide bonds. The molecule has 35 heavy (non-hydrogen) atoms. The van der Waals surface area contributed by atoms with Gasteiger partial charge in [0.2, 0.25) is 11.8 Å². The van der Waals surface area contributed by atoms with Crippen LogP contribution in [0.5, 0.6) is 0 Å². The van der Waals surface area contributed by atoms with Gasteiger partial charge in [0.25, 0.3) is 5.54 Å². The van der Waals surface area contributed by atoms with Gasteiger partial charge in [-0.05, 0) is 30.2 Å². The first-order chi connectivity index (χ1) is 16.9. The van der Waals surface area contributed by atoms with E-state index in [1.807, 2.05) is 0 Å². The minimum Gasteiger partial charge on any atom is -0.462 e. The van der Waals surface area contributed by atoms with Gasteiger partial charge in [-0.15, -0.1) is 0 Å². The van der Waals surface area contributed by atoms with E-state index in [0.717, 1.165) is 4.90 Å². The predicted octanol–water partition coefficient (Wildman–Crippen LogP) is 3.65. The second-order valence-corrected chi connectivity index (χ2v) is 8.93. The van der Waals surface area contributed by atoms with Crippen LogP contribution in [0.15, 0.2) is 72.8 Å². The first kappa shape index (κ1) is 21.2. The van der Waals surface area contributed by atoms with Crippen LogP contribution >= 0.6 is 0 Å². The molecule has 8 nitrogen and oxygen atoms in total. The lowest BCUT2D eigenvalue weighted by Crippen LogP contribution is -2.57. The summed E-state index contributed by atoms with van der Waals surface area (Å²) in [4.78, 5) is 54.2. The van der Waals surface area contributed by atoms with Crippen molar-refractivity contribution in [3.63, 3.8) is 0 Å². The highest BCUT2D eigenvalue weighted by Crippen LogP contribution is 2.64. The van der Waals surface area contributed by atoms with Crippen molar-refractivity contribution in [1.82, 2.24) is 0 Å². The molecule has 1 fully saturated rings. The Balaban J connectivity index is 1.62. The zero-order valence-electron chi connectivity index (χ0n) is 18.7. The second-order valence-electron chi connectivity index (χ2n) is 8.93. The lowest BCUT2D eigenvalue weighted by molar-refractivity contribution is -0.578. The molecule has 0 N–H and O–H groups in total. The zero-order chi connectivity index (χ0) is 24.5. The third-order valence-corrected chi connectivity index (χ3v) is 7.50. The molecule has 1 saturated heterocycles. The van der Waals surface area contributed by atoms with Crippen molar-refractivity contribution in [3.05, 3.63) is 111 Å². The fraction of sp³-hybridized carbons (Fsp3) is 0.222. The van der Waals surface area contributed by atoms with E-state index >= 15 is 0 Å². The molecule has 1 heterocycles. The predicted molar refractivity (Wildman–Crippen MR) is 124 cm³/mol. The van der Waals surface area contributed by atoms with Crippen LogP contribution in [-0.2, 0) is 19.9 Å². The smallest absolute Gasteiger partial charge is 0.340 e. The van der Waals surface area contributed by atoms with Crippen molar-refractivity contribution < 1.29 is 24.0 Å². The van der Waals surface area contributed by atoms with Crippen molar-refractivity contribution in [3.8, 4) is 0 Å². The van der Waals surface area contributed by atoms with Crippen LogP contribution in [0.3, 0.4) is 0 Å². The summed E-state index contributed by atoms with van der Waals surface area (Å²) in [6.45, 7) is 1.78. The van der Waals surface area contributed by atoms with Crippen LogP contribution in [0.25, 0.3) is 0 Å². The third kappa shape index (κ3) is 2.48. The molecule has 3 aliphatic carbocycles. The molecule has 4 aliphatic rings. The summed E-state index contributed by atoms with van der Waals surface area (Å²) < 4.78 is 5.13. The van der Waals surface area contributed by atoms with Gasteiger partial charge in [-0.3, -0.25) is 19.7 Å². The van der Waals surface area contributed by atoms with Crippen LogP contribution in [0.2, 0.25) is 0 Å². The Labute approximate surface area is 200 Å². The normalized spacial score (nSPS) is 25.6. The first-order valence-corrected chi connectivity index (χ1v) is 11.4. The van der Waals surface area contributed by atoms with E-state index in [4.69, 9.17) is 4.74 Å². The monoisotopic (exact) mass is 468 g/mol. The van der Waals surface area contributed by atoms with Crippen molar-refractivity contribution in [2.75, 3.05) is 11.5 Å². The van der Waals surface area contributed by atoms with Crippen molar-refractivity contribution in [2.24, 2.45) is 11.8 Å². The lowest BCUT2D eigenvalue weighted by Gasteiger charge is -2.48. The van der Waals surface area contributed by atoms with Crippen LogP contribution in [0, 0.1) is 22.0 Å². The highest BCUT2D eigenvalue weighted by atomic mass is 16.6. The van der Waals surface area contributed by atoms with Crippen LogP contribution in [0.1, 0.15) is 45.5 Å². The van der Waals surface area contributed by atoms with Crippen molar-refractivity contribution in [2.45, 2.75) is 18.4 Å². The molecule has 2 bridgehead atoms. The van der Waals surface area contributed by atoms with Crippen molar-refractivity contribution >= 4 is 23.5 Å². The SMILES string of the molecule is CCOC(=O)c1ccccc1N1C(=O)[C@@H]2C3c4ccccc4C([N+](=O)[O-])(c4ccccc43)[C@@H]2C1=O. The number of para-hydroxylation sites is 1. The molecule has 0 saturated carbocycles. The molecule has 8 heteroatoms. The van der Waals surface area contributed by atoms with Gasteiger partial charge in [-0.2, -0.15) is 0 Å². The molecule has 2 atom stereocenters. The molecule has 0 radical (unpaired) electrons. The lowest BCUT2D eigenvalue weighted by atomic mass is 9.51. The minimum atomic E-state index is -1.91. The van der Waals surface area contributed by atoms with Gasteiger partial charge in [-0.1, -0.05) is 60.7 Å². The number of hydrogen-bond acceptors (Lipinski definition) is 6. The second kappa shape index (κ2) is 7.33. The summed E-state index contributed by atoms with van der Waals surface area (Å²) in [6.07, 6.45) is 0. The Kier molecular flexibility index (Phi) is 4.45. The Morgan fingerprint density at radius 3 is 2.11 bits per heavy atom. The molecular weight excluding hydrogens is 448 g/mol. The number of rotatable bonds is 4. The molecule has 0 aromatic heterocycles. The molecule has 0 spiro atoms. The Bertz CT molecular complexity index is 1400.